The zero-order valence-corrected chi connectivity index (χ0v) is 30.0. The van der Waals surface area contributed by atoms with Gasteiger partial charge in [0.15, 0.2) is 0 Å². The van der Waals surface area contributed by atoms with Gasteiger partial charge in [-0.15, -0.1) is 0 Å². The largest absolute Gasteiger partial charge is 1.00 e. The number of carbonyl (C=O) groups excluding carboxylic acids is 5. The van der Waals surface area contributed by atoms with Crippen molar-refractivity contribution in [2.45, 2.75) is 32.3 Å². The van der Waals surface area contributed by atoms with Gasteiger partial charge in [0.05, 0.1) is 0 Å². The van der Waals surface area contributed by atoms with Gasteiger partial charge in [0.2, 0.25) is 0 Å². The van der Waals surface area contributed by atoms with Crippen LogP contribution in [0.3, 0.4) is 0 Å². The van der Waals surface area contributed by atoms with Crippen molar-refractivity contribution >= 4 is 29.8 Å². The summed E-state index contributed by atoms with van der Waals surface area (Å²) in [5.41, 5.74) is -3.22. The zero-order valence-electron chi connectivity index (χ0n) is 16.9. The molecule has 0 unspecified atom stereocenters. The standard InChI is InChI=1S/C6H7O7.2C2H4O2.K.5Na/c7-3(8)1-6(13,5(11)12)2-4(9)10;2*1-2(3)4;;;;;;/h1-2H2,(H,7,8)(H,9,10)(H,11,12);2*1H3,(H,3,4);;;;;;/q-1;;;6*+1/p-5. The van der Waals surface area contributed by atoms with Crippen LogP contribution >= 0.6 is 0 Å². The molecular weight excluding hydrogens is 450 g/mol. The maximum atomic E-state index is 10.9. The molecule has 0 radical (unpaired) electrons. The van der Waals surface area contributed by atoms with E-state index in [-0.39, 0.29) is 199 Å². The van der Waals surface area contributed by atoms with Gasteiger partial charge in [-0.05, 0) is 26.7 Å². The number of carboxylic acid groups (broad SMARTS) is 5. The minimum Gasteiger partial charge on any atom is -0.845 e. The second-order valence-corrected chi connectivity index (χ2v) is 3.36. The SMILES string of the molecule is CC(=O)[O-].CC(=O)[O-].O=C([O-])CC([O-])(CC(=O)[O-])C(=O)[O-].[K+].[Na+].[Na+].[Na+].[Na+].[Na+]. The second kappa shape index (κ2) is 34.6. The fourth-order valence-electron chi connectivity index (χ4n) is 0.673. The third-order valence-electron chi connectivity index (χ3n) is 1.23. The van der Waals surface area contributed by atoms with Crippen molar-refractivity contribution in [1.29, 1.82) is 0 Å². The summed E-state index contributed by atoms with van der Waals surface area (Å²) in [4.78, 5) is 47.6. The van der Waals surface area contributed by atoms with Crippen molar-refractivity contribution in [3.05, 3.63) is 0 Å². The van der Waals surface area contributed by atoms with E-state index in [0.717, 1.165) is 13.8 Å². The van der Waals surface area contributed by atoms with Crippen LogP contribution in [0.5, 0.6) is 0 Å². The molecule has 17 heteroatoms. The number of carboxylic acids is 5. The summed E-state index contributed by atoms with van der Waals surface area (Å²) in [6.45, 7) is 1.94. The van der Waals surface area contributed by atoms with Gasteiger partial charge in [0, 0.05) is 29.8 Å². The first-order valence-electron chi connectivity index (χ1n) is 4.91. The van der Waals surface area contributed by atoms with Crippen LogP contribution in [0.15, 0.2) is 0 Å². The quantitative estimate of drug-likeness (QED) is 0.350. The first-order chi connectivity index (χ1) is 9.24. The van der Waals surface area contributed by atoms with Crippen molar-refractivity contribution in [3.63, 3.8) is 0 Å². The van der Waals surface area contributed by atoms with Gasteiger partial charge >= 0.3 is 199 Å². The Morgan fingerprint density at radius 1 is 0.630 bits per heavy atom. The molecule has 0 fully saturated rings. The third kappa shape index (κ3) is 58.8. The summed E-state index contributed by atoms with van der Waals surface area (Å²) >= 11 is 0. The topological polar surface area (TPSA) is 224 Å². The molecule has 0 spiro atoms. The minimum atomic E-state index is -3.22. The van der Waals surface area contributed by atoms with E-state index in [1.54, 1.807) is 0 Å². The Hall–Kier alpha value is 3.95. The summed E-state index contributed by atoms with van der Waals surface area (Å²) < 4.78 is 0. The van der Waals surface area contributed by atoms with E-state index in [1.807, 2.05) is 0 Å². The van der Waals surface area contributed by atoms with E-state index in [0.29, 0.717) is 0 Å². The molecule has 0 aliphatic heterocycles. The first kappa shape index (κ1) is 57.6. The maximum Gasteiger partial charge on any atom is 1.00 e. The molecule has 0 atom stereocenters. The Kier molecular flexibility index (Phi) is 73.7. The third-order valence-corrected chi connectivity index (χ3v) is 1.23. The van der Waals surface area contributed by atoms with E-state index >= 15 is 0 Å². The maximum absolute atomic E-state index is 10.9. The Balaban J connectivity index is -0.0000000287. The van der Waals surface area contributed by atoms with E-state index in [2.05, 4.69) is 0 Å². The van der Waals surface area contributed by atoms with Gasteiger partial charge in [-0.1, -0.05) is 5.60 Å². The molecule has 0 rings (SSSR count). The molecule has 0 N–H and O–H groups in total. The van der Waals surface area contributed by atoms with Crippen LogP contribution in [0, 0.1) is 0 Å². The average molecular weight is 460 g/mol. The van der Waals surface area contributed by atoms with E-state index in [9.17, 15) is 34.8 Å². The van der Waals surface area contributed by atoms with Gasteiger partial charge in [0.25, 0.3) is 0 Å². The van der Waals surface area contributed by atoms with E-state index < -0.39 is 48.3 Å². The van der Waals surface area contributed by atoms with E-state index in [1.165, 1.54) is 0 Å². The molecule has 0 aromatic rings. The summed E-state index contributed by atoms with van der Waals surface area (Å²) in [6.07, 6.45) is -2.94. The minimum absolute atomic E-state index is 0. The summed E-state index contributed by atoms with van der Waals surface area (Å²) in [7, 11) is 0. The molecule has 0 amide bonds. The Labute approximate surface area is 309 Å². The Morgan fingerprint density at radius 3 is 0.852 bits per heavy atom. The molecule has 0 bridgehead atoms. The number of aliphatic carboxylic acids is 5. The molecule has 122 valence electrons. The van der Waals surface area contributed by atoms with Crippen LogP contribution in [-0.4, -0.2) is 35.4 Å². The van der Waals surface area contributed by atoms with E-state index in [4.69, 9.17) is 19.8 Å². The molecule has 11 nitrogen and oxygen atoms in total. The predicted octanol–water partition coefficient (Wildman–Crippen LogP) is -26.3. The zero-order chi connectivity index (χ0) is 17.8. The number of rotatable bonds is 5. The van der Waals surface area contributed by atoms with Crippen LogP contribution in [0.2, 0.25) is 0 Å². The fraction of sp³-hybridized carbons (Fsp3) is 0.500. The van der Waals surface area contributed by atoms with Crippen molar-refractivity contribution in [1.82, 2.24) is 0 Å². The van der Waals surface area contributed by atoms with Crippen LogP contribution in [0.1, 0.15) is 26.7 Å². The monoisotopic (exact) mass is 460 g/mol. The molecule has 0 aliphatic rings. The Bertz CT molecular complexity index is 386. The average Bonchev–Trinajstić information content (AvgIpc) is 2.11. The van der Waals surface area contributed by atoms with Crippen molar-refractivity contribution < 1.29 is 254 Å². The smallest absolute Gasteiger partial charge is 0.845 e. The van der Waals surface area contributed by atoms with Crippen LogP contribution in [-0.2, 0) is 24.0 Å². The van der Waals surface area contributed by atoms with Gasteiger partial charge in [-0.3, -0.25) is 0 Å². The first-order valence-corrected chi connectivity index (χ1v) is 4.91. The van der Waals surface area contributed by atoms with Crippen LogP contribution in [0.4, 0.5) is 0 Å². The molecule has 0 aliphatic carbocycles. The molecule has 0 saturated heterocycles. The summed E-state index contributed by atoms with van der Waals surface area (Å²) in [6, 6.07) is 0. The van der Waals surface area contributed by atoms with Gasteiger partial charge in [-0.2, -0.15) is 0 Å². The Morgan fingerprint density at radius 2 is 0.778 bits per heavy atom. The molecular formula is C10H10KNa5O11. The van der Waals surface area contributed by atoms with Gasteiger partial charge in [0.1, 0.15) is 0 Å². The van der Waals surface area contributed by atoms with Crippen molar-refractivity contribution in [2.75, 3.05) is 0 Å². The van der Waals surface area contributed by atoms with Crippen molar-refractivity contribution in [3.8, 4) is 0 Å². The van der Waals surface area contributed by atoms with Crippen molar-refractivity contribution in [2.24, 2.45) is 0 Å². The number of carbonyl (C=O) groups is 5. The van der Waals surface area contributed by atoms with Crippen LogP contribution in [0.25, 0.3) is 0 Å². The fourth-order valence-corrected chi connectivity index (χ4v) is 0.673. The van der Waals surface area contributed by atoms with Gasteiger partial charge < -0.3 is 54.6 Å². The number of hydrogen-bond donors (Lipinski definition) is 0. The number of hydrogen-bond acceptors (Lipinski definition) is 11. The summed E-state index contributed by atoms with van der Waals surface area (Å²) in [5, 5.41) is 58.6. The summed E-state index contributed by atoms with van der Waals surface area (Å²) in [5.74, 6) is -8.39. The molecule has 0 aromatic carbocycles. The predicted molar refractivity (Wildman–Crippen MR) is 48.3 cm³/mol. The molecule has 0 aromatic heterocycles. The second-order valence-electron chi connectivity index (χ2n) is 3.36. The molecule has 0 heterocycles. The van der Waals surface area contributed by atoms with Crippen LogP contribution < -0.4 is 230 Å². The molecule has 27 heavy (non-hydrogen) atoms. The normalized spacial score (nSPS) is 7.07. The van der Waals surface area contributed by atoms with Gasteiger partial charge in [-0.25, -0.2) is 0 Å². The molecule has 0 saturated carbocycles.